The fraction of sp³-hybridized carbons (Fsp3) is 0.414. The van der Waals surface area contributed by atoms with E-state index in [1.807, 2.05) is 0 Å². The van der Waals surface area contributed by atoms with Crippen LogP contribution in [0.3, 0.4) is 0 Å². The lowest BCUT2D eigenvalue weighted by molar-refractivity contribution is -0.142. The summed E-state index contributed by atoms with van der Waals surface area (Å²) in [5, 5.41) is 6.46. The van der Waals surface area contributed by atoms with Crippen LogP contribution in [0.5, 0.6) is 0 Å². The Hall–Kier alpha value is -3.23. The number of rotatable bonds is 6. The van der Waals surface area contributed by atoms with Crippen molar-refractivity contribution >= 4 is 35.0 Å². The number of nitrogens with zero attached hydrogens (tertiary/aromatic N) is 1. The van der Waals surface area contributed by atoms with Crippen LogP contribution in [0.1, 0.15) is 37.7 Å². The van der Waals surface area contributed by atoms with E-state index in [1.165, 1.54) is 11.0 Å². The summed E-state index contributed by atoms with van der Waals surface area (Å²) in [6, 6.07) is 12.0. The van der Waals surface area contributed by atoms with Gasteiger partial charge in [-0.3, -0.25) is 14.4 Å². The molecule has 198 valence electrons. The van der Waals surface area contributed by atoms with E-state index in [0.717, 1.165) is 32.1 Å². The van der Waals surface area contributed by atoms with E-state index in [0.29, 0.717) is 16.3 Å². The minimum atomic E-state index is -1.30. The van der Waals surface area contributed by atoms with Crippen LogP contribution in [0, 0.1) is 17.7 Å². The number of carbonyl (C=O) groups excluding carboxylic acids is 3. The molecule has 3 fully saturated rings. The first-order chi connectivity index (χ1) is 18.4. The predicted octanol–water partition coefficient (Wildman–Crippen LogP) is 4.22. The van der Waals surface area contributed by atoms with Gasteiger partial charge in [0.05, 0.1) is 17.9 Å². The second-order valence-electron chi connectivity index (χ2n) is 10.6. The largest absolute Gasteiger partial charge is 0.359 e. The monoisotopic (exact) mass is 537 g/mol. The fourth-order valence-electron chi connectivity index (χ4n) is 6.57. The van der Waals surface area contributed by atoms with Crippen molar-refractivity contribution in [3.8, 4) is 0 Å². The van der Waals surface area contributed by atoms with Crippen LogP contribution in [0.2, 0.25) is 5.02 Å². The molecule has 6 rings (SSSR count). The lowest BCUT2D eigenvalue weighted by Crippen LogP contribution is -2.56. The summed E-state index contributed by atoms with van der Waals surface area (Å²) in [6.45, 7) is -0.100. The van der Waals surface area contributed by atoms with E-state index in [4.69, 9.17) is 16.3 Å². The molecule has 0 radical (unpaired) electrons. The third-order valence-electron chi connectivity index (χ3n) is 8.27. The maximum absolute atomic E-state index is 14.7. The summed E-state index contributed by atoms with van der Waals surface area (Å²) in [5.74, 6) is -3.33. The van der Waals surface area contributed by atoms with Gasteiger partial charge >= 0.3 is 0 Å². The smallest absolute Gasteiger partial charge is 0.246 e. The molecule has 2 aromatic carbocycles. The molecular weight excluding hydrogens is 509 g/mol. The molecule has 4 aliphatic rings. The zero-order valence-electron chi connectivity index (χ0n) is 20.7. The van der Waals surface area contributed by atoms with Gasteiger partial charge in [0, 0.05) is 28.9 Å². The number of benzene rings is 2. The van der Waals surface area contributed by atoms with Crippen molar-refractivity contribution in [1.82, 2.24) is 10.2 Å². The minimum Gasteiger partial charge on any atom is -0.359 e. The Bertz CT molecular complexity index is 1310. The molecule has 7 nitrogen and oxygen atoms in total. The molecular formula is C29H29ClFN3O4. The highest BCUT2D eigenvalue weighted by Gasteiger charge is 2.72. The third-order valence-corrected chi connectivity index (χ3v) is 8.50. The normalized spacial score (nSPS) is 29.9. The van der Waals surface area contributed by atoms with Gasteiger partial charge in [-0.25, -0.2) is 4.39 Å². The minimum absolute atomic E-state index is 0.0154. The fourth-order valence-corrected chi connectivity index (χ4v) is 6.76. The predicted molar refractivity (Wildman–Crippen MR) is 140 cm³/mol. The summed E-state index contributed by atoms with van der Waals surface area (Å²) in [6.07, 6.45) is 7.83. The Balaban J connectivity index is 1.34. The van der Waals surface area contributed by atoms with E-state index < -0.39 is 41.3 Å². The second kappa shape index (κ2) is 9.82. The quantitative estimate of drug-likeness (QED) is 0.540. The van der Waals surface area contributed by atoms with Gasteiger partial charge in [-0.15, -0.1) is 0 Å². The lowest BCUT2D eigenvalue weighted by Gasteiger charge is -2.34. The van der Waals surface area contributed by atoms with Gasteiger partial charge in [-0.1, -0.05) is 67.3 Å². The van der Waals surface area contributed by atoms with Crippen molar-refractivity contribution in [2.24, 2.45) is 11.8 Å². The van der Waals surface area contributed by atoms with Crippen LogP contribution in [0.15, 0.2) is 60.7 Å². The number of hydrogen-bond donors (Lipinski definition) is 2. The first-order valence-electron chi connectivity index (χ1n) is 13.2. The highest BCUT2D eigenvalue weighted by atomic mass is 35.5. The molecule has 3 heterocycles. The van der Waals surface area contributed by atoms with E-state index in [1.54, 1.807) is 54.6 Å². The maximum Gasteiger partial charge on any atom is 0.246 e. The highest BCUT2D eigenvalue weighted by Crippen LogP contribution is 2.55. The van der Waals surface area contributed by atoms with Crippen LogP contribution in [0.4, 0.5) is 10.1 Å². The number of hydrogen-bond acceptors (Lipinski definition) is 4. The summed E-state index contributed by atoms with van der Waals surface area (Å²) < 4.78 is 21.0. The van der Waals surface area contributed by atoms with E-state index in [9.17, 15) is 18.8 Å². The van der Waals surface area contributed by atoms with Gasteiger partial charge < -0.3 is 20.3 Å². The van der Waals surface area contributed by atoms with Crippen LogP contribution in [-0.4, -0.2) is 46.4 Å². The molecule has 3 amide bonds. The van der Waals surface area contributed by atoms with Gasteiger partial charge in [0.25, 0.3) is 0 Å². The second-order valence-corrected chi connectivity index (χ2v) is 11.0. The van der Waals surface area contributed by atoms with E-state index >= 15 is 0 Å². The van der Waals surface area contributed by atoms with Gasteiger partial charge in [-0.05, 0) is 37.1 Å². The zero-order chi connectivity index (χ0) is 26.4. The van der Waals surface area contributed by atoms with Crippen molar-refractivity contribution in [3.05, 3.63) is 77.1 Å². The van der Waals surface area contributed by atoms with Gasteiger partial charge in [0.15, 0.2) is 0 Å². The SMILES string of the molecule is O=C(Nc1cccc(Cl)c1)[C@H]1[C@H]2C=C[C@@]3(O2)[C@H]1C(=O)N(Cc1ccccc1F)[C@@H]3C(=O)NC1CCCCC1. The molecule has 2 N–H and O–H groups in total. The molecule has 0 aromatic heterocycles. The first kappa shape index (κ1) is 25.1. The summed E-state index contributed by atoms with van der Waals surface area (Å²) in [7, 11) is 0. The summed E-state index contributed by atoms with van der Waals surface area (Å²) in [5.41, 5.74) is -0.503. The van der Waals surface area contributed by atoms with Crippen molar-refractivity contribution in [1.29, 1.82) is 0 Å². The molecule has 1 aliphatic carbocycles. The van der Waals surface area contributed by atoms with Crippen molar-refractivity contribution in [2.45, 2.75) is 62.4 Å². The summed E-state index contributed by atoms with van der Waals surface area (Å²) >= 11 is 6.08. The average Bonchev–Trinajstić information content (AvgIpc) is 3.53. The van der Waals surface area contributed by atoms with Gasteiger partial charge in [-0.2, -0.15) is 0 Å². The molecule has 5 atom stereocenters. The lowest BCUT2D eigenvalue weighted by atomic mass is 9.74. The van der Waals surface area contributed by atoms with E-state index in [-0.39, 0.29) is 24.4 Å². The van der Waals surface area contributed by atoms with Gasteiger partial charge in [0.2, 0.25) is 17.7 Å². The molecule has 1 spiro atoms. The molecule has 0 unspecified atom stereocenters. The molecule has 2 bridgehead atoms. The van der Waals surface area contributed by atoms with Gasteiger partial charge in [0.1, 0.15) is 17.5 Å². The Morgan fingerprint density at radius 3 is 2.63 bits per heavy atom. The molecule has 1 saturated carbocycles. The van der Waals surface area contributed by atoms with Crippen molar-refractivity contribution in [3.63, 3.8) is 0 Å². The van der Waals surface area contributed by atoms with Crippen LogP contribution in [0.25, 0.3) is 0 Å². The Labute approximate surface area is 225 Å². The number of ether oxygens (including phenoxy) is 1. The standard InChI is InChI=1S/C29H29ClFN3O4/c30-18-8-6-11-20(15-18)33-26(35)23-22-13-14-29(38-22)24(23)28(37)34(16-17-7-4-5-12-21(17)31)25(29)27(36)32-19-9-2-1-3-10-19/h4-8,11-15,19,22-25H,1-3,9-10,16H2,(H,32,36)(H,33,35)/t22-,23+,24-,25-,29-/m1/s1. The van der Waals surface area contributed by atoms with Crippen molar-refractivity contribution in [2.75, 3.05) is 5.32 Å². The highest BCUT2D eigenvalue weighted by molar-refractivity contribution is 6.30. The Kier molecular flexibility index (Phi) is 6.48. The van der Waals surface area contributed by atoms with Crippen LogP contribution >= 0.6 is 11.6 Å². The number of carbonyl (C=O) groups is 3. The molecule has 9 heteroatoms. The Morgan fingerprint density at radius 2 is 1.87 bits per heavy atom. The number of anilines is 1. The topological polar surface area (TPSA) is 87.7 Å². The van der Waals surface area contributed by atoms with Crippen molar-refractivity contribution < 1.29 is 23.5 Å². The molecule has 3 aliphatic heterocycles. The third kappa shape index (κ3) is 4.20. The maximum atomic E-state index is 14.7. The average molecular weight is 538 g/mol. The first-order valence-corrected chi connectivity index (χ1v) is 13.5. The van der Waals surface area contributed by atoms with Crippen LogP contribution in [-0.2, 0) is 25.7 Å². The molecule has 2 saturated heterocycles. The van der Waals surface area contributed by atoms with E-state index in [2.05, 4.69) is 10.6 Å². The molecule has 2 aromatic rings. The number of likely N-dealkylation sites (tertiary alicyclic amines) is 1. The number of amides is 3. The number of halogens is 2. The molecule has 38 heavy (non-hydrogen) atoms. The Morgan fingerprint density at radius 1 is 1.08 bits per heavy atom. The number of nitrogens with one attached hydrogen (secondary N) is 2. The number of fused-ring (bicyclic) bond motifs is 1. The van der Waals surface area contributed by atoms with Crippen LogP contribution < -0.4 is 10.6 Å². The zero-order valence-corrected chi connectivity index (χ0v) is 21.5. The summed E-state index contributed by atoms with van der Waals surface area (Å²) in [4.78, 5) is 42.8.